The van der Waals surface area contributed by atoms with Gasteiger partial charge in [-0.05, 0) is 33.0 Å². The van der Waals surface area contributed by atoms with Crippen molar-refractivity contribution in [3.05, 3.63) is 35.2 Å². The van der Waals surface area contributed by atoms with Gasteiger partial charge in [-0.1, -0.05) is 12.1 Å². The minimum absolute atomic E-state index is 0.0962. The Morgan fingerprint density at radius 1 is 1.23 bits per heavy atom. The SMILES string of the molecule is CN1CCN(c2nc(-c3ccc(C(=O)NC(CC(C)(C)F)C(=O)N4CC(Cl)C5OCC(=O)C54)cc3)cs2)CC1. The number of aromatic nitrogens is 1. The second-order valence-corrected chi connectivity index (χ2v) is 12.4. The lowest BCUT2D eigenvalue weighted by atomic mass is 9.98. The fourth-order valence-corrected chi connectivity index (χ4v) is 6.53. The van der Waals surface area contributed by atoms with Gasteiger partial charge in [0.2, 0.25) is 5.91 Å². The second-order valence-electron chi connectivity index (χ2n) is 11.0. The predicted molar refractivity (Wildman–Crippen MR) is 148 cm³/mol. The van der Waals surface area contributed by atoms with Gasteiger partial charge in [0.05, 0.1) is 11.1 Å². The highest BCUT2D eigenvalue weighted by Crippen LogP contribution is 2.32. The van der Waals surface area contributed by atoms with Gasteiger partial charge in [0, 0.05) is 55.7 Å². The van der Waals surface area contributed by atoms with Crippen LogP contribution in [0.25, 0.3) is 11.3 Å². The molecular weight excluding hydrogens is 545 g/mol. The highest BCUT2D eigenvalue weighted by molar-refractivity contribution is 7.14. The van der Waals surface area contributed by atoms with E-state index in [1.54, 1.807) is 23.5 Å². The Balaban J connectivity index is 1.28. The standard InChI is InChI=1S/C27H33ClFN5O4S/c1-27(2,29)12-19(25(37)34-13-18(28)23-22(34)21(35)14-38-23)30-24(36)17-6-4-16(5-7-17)20-15-39-26(31-20)33-10-8-32(3)9-11-33/h4-7,15,18-19,22-23H,8-14H2,1-3H3,(H,30,36). The summed E-state index contributed by atoms with van der Waals surface area (Å²) in [4.78, 5) is 49.7. The number of likely N-dealkylation sites (N-methyl/N-ethyl adjacent to an activating group) is 1. The van der Waals surface area contributed by atoms with Crippen molar-refractivity contribution in [1.29, 1.82) is 0 Å². The number of carbonyl (C=O) groups excluding carboxylic acids is 3. The number of carbonyl (C=O) groups is 3. The van der Waals surface area contributed by atoms with Crippen molar-refractivity contribution in [2.24, 2.45) is 0 Å². The number of hydrogen-bond donors (Lipinski definition) is 1. The van der Waals surface area contributed by atoms with Crippen LogP contribution in [0.5, 0.6) is 0 Å². The van der Waals surface area contributed by atoms with Crippen LogP contribution < -0.4 is 10.2 Å². The van der Waals surface area contributed by atoms with Crippen LogP contribution in [-0.4, -0.2) is 108 Å². The average molecular weight is 578 g/mol. The van der Waals surface area contributed by atoms with Crippen LogP contribution in [0.4, 0.5) is 9.52 Å². The summed E-state index contributed by atoms with van der Waals surface area (Å²) in [5.74, 6) is -1.29. The number of ether oxygens (including phenoxy) is 1. The van der Waals surface area contributed by atoms with E-state index < -0.39 is 41.0 Å². The van der Waals surface area contributed by atoms with Crippen molar-refractivity contribution >= 4 is 45.7 Å². The number of hydrogen-bond acceptors (Lipinski definition) is 8. The van der Waals surface area contributed by atoms with E-state index >= 15 is 0 Å². The number of thiazole rings is 1. The molecule has 39 heavy (non-hydrogen) atoms. The van der Waals surface area contributed by atoms with Crippen LogP contribution >= 0.6 is 22.9 Å². The van der Waals surface area contributed by atoms with Crippen molar-refractivity contribution in [1.82, 2.24) is 20.1 Å². The van der Waals surface area contributed by atoms with Gasteiger partial charge in [0.15, 0.2) is 10.9 Å². The summed E-state index contributed by atoms with van der Waals surface area (Å²) >= 11 is 7.93. The number of likely N-dealkylation sites (tertiary alicyclic amines) is 1. The molecule has 0 radical (unpaired) electrons. The maximum Gasteiger partial charge on any atom is 0.251 e. The van der Waals surface area contributed by atoms with E-state index in [9.17, 15) is 18.8 Å². The first-order valence-electron chi connectivity index (χ1n) is 13.1. The molecule has 3 saturated heterocycles. The summed E-state index contributed by atoms with van der Waals surface area (Å²) in [6, 6.07) is 4.97. The number of Topliss-reactive ketones (excluding diaryl/α,β-unsaturated/α-hetero) is 1. The third kappa shape index (κ3) is 6.11. The van der Waals surface area contributed by atoms with Crippen LogP contribution in [0, 0.1) is 0 Å². The fourth-order valence-electron chi connectivity index (χ4n) is 5.28. The monoisotopic (exact) mass is 577 g/mol. The number of nitrogens with one attached hydrogen (secondary N) is 1. The number of alkyl halides is 2. The van der Waals surface area contributed by atoms with E-state index in [-0.39, 0.29) is 25.4 Å². The Hall–Kier alpha value is -2.60. The highest BCUT2D eigenvalue weighted by atomic mass is 35.5. The quantitative estimate of drug-likeness (QED) is 0.506. The fraction of sp³-hybridized carbons (Fsp3) is 0.556. The molecule has 1 N–H and O–H groups in total. The van der Waals surface area contributed by atoms with Gasteiger partial charge in [-0.25, -0.2) is 9.37 Å². The van der Waals surface area contributed by atoms with Crippen molar-refractivity contribution in [2.75, 3.05) is 51.3 Å². The minimum Gasteiger partial charge on any atom is -0.366 e. The number of amides is 2. The Labute approximate surface area is 236 Å². The first-order valence-corrected chi connectivity index (χ1v) is 14.4. The topological polar surface area (TPSA) is 95.1 Å². The van der Waals surface area contributed by atoms with Gasteiger partial charge < -0.3 is 24.8 Å². The number of halogens is 2. The van der Waals surface area contributed by atoms with Crippen LogP contribution in [-0.2, 0) is 14.3 Å². The van der Waals surface area contributed by atoms with Gasteiger partial charge in [-0.3, -0.25) is 14.4 Å². The summed E-state index contributed by atoms with van der Waals surface area (Å²) in [7, 11) is 2.11. The van der Waals surface area contributed by atoms with Crippen LogP contribution in [0.1, 0.15) is 30.6 Å². The molecule has 3 aliphatic heterocycles. The lowest BCUT2D eigenvalue weighted by Gasteiger charge is -2.32. The average Bonchev–Trinajstić information content (AvgIpc) is 3.61. The molecule has 2 amide bonds. The van der Waals surface area contributed by atoms with Crippen molar-refractivity contribution < 1.29 is 23.5 Å². The molecule has 5 rings (SSSR count). The highest BCUT2D eigenvalue weighted by Gasteiger charge is 2.53. The smallest absolute Gasteiger partial charge is 0.251 e. The number of ketones is 1. The molecule has 9 nitrogen and oxygen atoms in total. The molecule has 4 heterocycles. The van der Waals surface area contributed by atoms with Crippen LogP contribution in [0.2, 0.25) is 0 Å². The number of piperazine rings is 1. The lowest BCUT2D eigenvalue weighted by Crippen LogP contribution is -2.53. The van der Waals surface area contributed by atoms with E-state index in [0.717, 1.165) is 42.6 Å². The third-order valence-electron chi connectivity index (χ3n) is 7.41. The molecule has 210 valence electrons. The maximum atomic E-state index is 14.7. The Morgan fingerprint density at radius 3 is 2.59 bits per heavy atom. The Kier molecular flexibility index (Phi) is 7.96. The van der Waals surface area contributed by atoms with Crippen molar-refractivity contribution in [3.63, 3.8) is 0 Å². The van der Waals surface area contributed by atoms with E-state index in [4.69, 9.17) is 21.3 Å². The summed E-state index contributed by atoms with van der Waals surface area (Å²) in [5, 5.41) is 5.13. The second kappa shape index (κ2) is 11.1. The van der Waals surface area contributed by atoms with Gasteiger partial charge in [-0.15, -0.1) is 22.9 Å². The molecule has 0 saturated carbocycles. The molecule has 0 bridgehead atoms. The normalized spacial score (nSPS) is 24.6. The van der Waals surface area contributed by atoms with E-state index in [2.05, 4.69) is 22.2 Å². The first-order chi connectivity index (χ1) is 18.5. The maximum absolute atomic E-state index is 14.7. The van der Waals surface area contributed by atoms with Gasteiger partial charge >= 0.3 is 0 Å². The zero-order valence-corrected chi connectivity index (χ0v) is 23.8. The number of fused-ring (bicyclic) bond motifs is 1. The zero-order valence-electron chi connectivity index (χ0n) is 22.2. The molecule has 12 heteroatoms. The predicted octanol–water partition coefficient (Wildman–Crippen LogP) is 2.58. The molecule has 2 aromatic rings. The van der Waals surface area contributed by atoms with Gasteiger partial charge in [0.25, 0.3) is 5.91 Å². The first kappa shape index (κ1) is 27.9. The summed E-state index contributed by atoms with van der Waals surface area (Å²) in [6.07, 6.45) is -0.840. The summed E-state index contributed by atoms with van der Waals surface area (Å²) < 4.78 is 20.2. The molecule has 1 aromatic carbocycles. The largest absolute Gasteiger partial charge is 0.366 e. The van der Waals surface area contributed by atoms with E-state index in [1.807, 2.05) is 17.5 Å². The Morgan fingerprint density at radius 2 is 1.92 bits per heavy atom. The van der Waals surface area contributed by atoms with E-state index in [1.165, 1.54) is 18.7 Å². The molecule has 3 fully saturated rings. The summed E-state index contributed by atoms with van der Waals surface area (Å²) in [6.45, 7) is 6.54. The molecule has 1 aromatic heterocycles. The number of rotatable bonds is 7. The van der Waals surface area contributed by atoms with Crippen molar-refractivity contribution in [3.8, 4) is 11.3 Å². The lowest BCUT2D eigenvalue weighted by molar-refractivity contribution is -0.138. The van der Waals surface area contributed by atoms with Gasteiger partial charge in [-0.2, -0.15) is 0 Å². The van der Waals surface area contributed by atoms with E-state index in [0.29, 0.717) is 5.56 Å². The number of benzene rings is 1. The molecular formula is C27H33ClFN5O4S. The van der Waals surface area contributed by atoms with Crippen molar-refractivity contribution in [2.45, 2.75) is 49.5 Å². The zero-order chi connectivity index (χ0) is 27.9. The summed E-state index contributed by atoms with van der Waals surface area (Å²) in [5.41, 5.74) is 0.296. The molecule has 4 atom stereocenters. The molecule has 0 spiro atoms. The Bertz CT molecular complexity index is 1230. The molecule has 0 aliphatic carbocycles. The molecule has 4 unspecified atom stereocenters. The number of nitrogens with zero attached hydrogens (tertiary/aromatic N) is 4. The van der Waals surface area contributed by atoms with Crippen LogP contribution in [0.15, 0.2) is 29.6 Å². The van der Waals surface area contributed by atoms with Gasteiger partial charge in [0.1, 0.15) is 30.5 Å². The molecule has 3 aliphatic rings. The third-order valence-corrected chi connectivity index (χ3v) is 8.70. The minimum atomic E-state index is -1.74. The van der Waals surface area contributed by atoms with Crippen LogP contribution in [0.3, 0.4) is 0 Å². The number of anilines is 1.